The summed E-state index contributed by atoms with van der Waals surface area (Å²) >= 11 is 0. The van der Waals surface area contributed by atoms with Crippen LogP contribution in [0.25, 0.3) is 22.6 Å². The van der Waals surface area contributed by atoms with Gasteiger partial charge >= 0.3 is 5.97 Å². The summed E-state index contributed by atoms with van der Waals surface area (Å²) in [5, 5.41) is 6.01. The normalized spacial score (nSPS) is 14.3. The molecular weight excluding hydrogens is 467 g/mol. The molecule has 3 aromatic carbocycles. The van der Waals surface area contributed by atoms with Crippen LogP contribution in [0.15, 0.2) is 83.6 Å². The lowest BCUT2D eigenvalue weighted by Crippen LogP contribution is -2.29. The van der Waals surface area contributed by atoms with Crippen molar-refractivity contribution >= 4 is 23.6 Å². The van der Waals surface area contributed by atoms with Crippen molar-refractivity contribution in [3.63, 3.8) is 0 Å². The number of allylic oxidation sites excluding steroid dienone is 1. The van der Waals surface area contributed by atoms with Gasteiger partial charge in [0.15, 0.2) is 11.5 Å². The molecule has 0 radical (unpaired) electrons. The van der Waals surface area contributed by atoms with Gasteiger partial charge < -0.3 is 9.47 Å². The highest BCUT2D eigenvalue weighted by Crippen LogP contribution is 2.45. The van der Waals surface area contributed by atoms with E-state index in [4.69, 9.17) is 9.47 Å². The number of esters is 1. The lowest BCUT2D eigenvalue weighted by atomic mass is 9.88. The van der Waals surface area contributed by atoms with Crippen LogP contribution in [0.3, 0.4) is 0 Å². The van der Waals surface area contributed by atoms with E-state index >= 15 is 4.39 Å². The Hall–Kier alpha value is -4.19. The summed E-state index contributed by atoms with van der Waals surface area (Å²) in [6, 6.07) is 20.7. The molecule has 0 N–H and O–H groups in total. The van der Waals surface area contributed by atoms with Crippen LogP contribution in [0, 0.1) is 5.82 Å². The summed E-state index contributed by atoms with van der Waals surface area (Å²) in [6.45, 7) is 5.95. The predicted molar refractivity (Wildman–Crippen MR) is 146 cm³/mol. The van der Waals surface area contributed by atoms with Crippen molar-refractivity contribution < 1.29 is 18.7 Å². The molecule has 3 aromatic rings. The SMILES string of the molecule is C/C=N\N1C(C(=O)OC)=C(OCc2ccccc2)c2cc(F)cc(-c3ccc(CCC)cc3)c2/C1=C\C. The summed E-state index contributed by atoms with van der Waals surface area (Å²) < 4.78 is 26.6. The molecule has 1 aliphatic heterocycles. The van der Waals surface area contributed by atoms with Crippen LogP contribution in [0.2, 0.25) is 0 Å². The predicted octanol–water partition coefficient (Wildman–Crippen LogP) is 7.19. The smallest absolute Gasteiger partial charge is 0.360 e. The van der Waals surface area contributed by atoms with Gasteiger partial charge in [-0.1, -0.05) is 74.0 Å². The second-order valence-corrected chi connectivity index (χ2v) is 8.63. The highest BCUT2D eigenvalue weighted by atomic mass is 19.1. The summed E-state index contributed by atoms with van der Waals surface area (Å²) in [6.07, 6.45) is 5.47. The number of hydrogen-bond donors (Lipinski definition) is 0. The van der Waals surface area contributed by atoms with E-state index < -0.39 is 11.8 Å². The number of hydrogen-bond acceptors (Lipinski definition) is 5. The number of methoxy groups -OCH3 is 1. The van der Waals surface area contributed by atoms with E-state index in [0.717, 1.165) is 29.5 Å². The van der Waals surface area contributed by atoms with Gasteiger partial charge in [-0.3, -0.25) is 0 Å². The number of rotatable bonds is 8. The van der Waals surface area contributed by atoms with E-state index in [-0.39, 0.29) is 18.1 Å². The first kappa shape index (κ1) is 25.9. The fourth-order valence-electron chi connectivity index (χ4n) is 4.53. The standard InChI is InChI=1S/C31H31FN2O3/c1-5-11-21-14-16-23(17-15-21)25-18-24(32)19-26-28(25)27(6-2)34(33-7-3)29(31(35)36-4)30(26)37-20-22-12-9-8-10-13-22/h6-10,12-19H,5,11,20H2,1-4H3/b27-6+,33-7-. The van der Waals surface area contributed by atoms with E-state index in [0.29, 0.717) is 16.8 Å². The number of carbonyl (C=O) groups is 1. The largest absolute Gasteiger partial charge is 0.486 e. The molecule has 0 spiro atoms. The Balaban J connectivity index is 1.97. The minimum Gasteiger partial charge on any atom is -0.486 e. The number of halogens is 1. The van der Waals surface area contributed by atoms with Crippen LogP contribution < -0.4 is 0 Å². The van der Waals surface area contributed by atoms with Crippen molar-refractivity contribution in [2.75, 3.05) is 7.11 Å². The minimum atomic E-state index is -0.631. The topological polar surface area (TPSA) is 51.1 Å². The van der Waals surface area contributed by atoms with Crippen molar-refractivity contribution in [1.29, 1.82) is 0 Å². The number of carbonyl (C=O) groups excluding carboxylic acids is 1. The summed E-state index contributed by atoms with van der Waals surface area (Å²) in [4.78, 5) is 13.1. The van der Waals surface area contributed by atoms with Crippen LogP contribution in [-0.4, -0.2) is 24.3 Å². The van der Waals surface area contributed by atoms with E-state index in [1.54, 1.807) is 13.1 Å². The van der Waals surface area contributed by atoms with Gasteiger partial charge in [-0.05, 0) is 54.7 Å². The minimum absolute atomic E-state index is 0.0898. The first-order chi connectivity index (χ1) is 18.0. The molecule has 1 aliphatic rings. The Kier molecular flexibility index (Phi) is 8.18. The molecule has 0 atom stereocenters. The number of ether oxygens (including phenoxy) is 2. The first-order valence-corrected chi connectivity index (χ1v) is 12.4. The summed E-state index contributed by atoms with van der Waals surface area (Å²) in [5.74, 6) is -0.849. The second kappa shape index (κ2) is 11.7. The number of nitrogens with zero attached hydrogens (tertiary/aromatic N) is 2. The molecule has 0 saturated carbocycles. The average molecular weight is 499 g/mol. The Bertz CT molecular complexity index is 1360. The van der Waals surface area contributed by atoms with Gasteiger partial charge in [-0.2, -0.15) is 5.10 Å². The molecule has 0 bridgehead atoms. The van der Waals surface area contributed by atoms with Crippen LogP contribution >= 0.6 is 0 Å². The van der Waals surface area contributed by atoms with Gasteiger partial charge in [0.25, 0.3) is 0 Å². The second-order valence-electron chi connectivity index (χ2n) is 8.63. The number of hydrazone groups is 1. The van der Waals surface area contributed by atoms with Gasteiger partial charge in [0.1, 0.15) is 12.4 Å². The molecule has 5 nitrogen and oxygen atoms in total. The summed E-state index contributed by atoms with van der Waals surface area (Å²) in [5.41, 5.74) is 5.60. The monoisotopic (exact) mass is 498 g/mol. The highest BCUT2D eigenvalue weighted by molar-refractivity contribution is 6.03. The molecular formula is C31H31FN2O3. The van der Waals surface area contributed by atoms with Gasteiger partial charge in [0.05, 0.1) is 12.8 Å². The van der Waals surface area contributed by atoms with Crippen molar-refractivity contribution in [2.45, 2.75) is 40.2 Å². The highest BCUT2D eigenvalue weighted by Gasteiger charge is 2.37. The maximum atomic E-state index is 15.2. The lowest BCUT2D eigenvalue weighted by Gasteiger charge is -2.33. The number of fused-ring (bicyclic) bond motifs is 1. The van der Waals surface area contributed by atoms with Gasteiger partial charge in [-0.15, -0.1) is 0 Å². The summed E-state index contributed by atoms with van der Waals surface area (Å²) in [7, 11) is 1.30. The van der Waals surface area contributed by atoms with Crippen molar-refractivity contribution in [2.24, 2.45) is 5.10 Å². The molecule has 0 unspecified atom stereocenters. The average Bonchev–Trinajstić information content (AvgIpc) is 2.92. The van der Waals surface area contributed by atoms with Crippen LogP contribution in [0.5, 0.6) is 0 Å². The molecule has 1 heterocycles. The fourth-order valence-corrected chi connectivity index (χ4v) is 4.53. The number of aryl methyl sites for hydroxylation is 1. The zero-order chi connectivity index (χ0) is 26.4. The van der Waals surface area contributed by atoms with Crippen LogP contribution in [-0.2, 0) is 27.3 Å². The van der Waals surface area contributed by atoms with Crippen molar-refractivity contribution in [3.8, 4) is 11.1 Å². The van der Waals surface area contributed by atoms with E-state index in [1.165, 1.54) is 29.8 Å². The molecule has 4 rings (SSSR count). The van der Waals surface area contributed by atoms with Gasteiger partial charge in [0, 0.05) is 17.3 Å². The fraction of sp³-hybridized carbons (Fsp3) is 0.226. The molecule has 0 aromatic heterocycles. The van der Waals surface area contributed by atoms with Crippen molar-refractivity contribution in [1.82, 2.24) is 5.01 Å². The molecule has 0 fully saturated rings. The first-order valence-electron chi connectivity index (χ1n) is 12.4. The molecule has 0 aliphatic carbocycles. The van der Waals surface area contributed by atoms with Crippen LogP contribution in [0.1, 0.15) is 49.4 Å². The lowest BCUT2D eigenvalue weighted by molar-refractivity contribution is -0.137. The zero-order valence-electron chi connectivity index (χ0n) is 21.6. The maximum Gasteiger partial charge on any atom is 0.360 e. The van der Waals surface area contributed by atoms with E-state index in [1.807, 2.05) is 55.5 Å². The zero-order valence-corrected chi connectivity index (χ0v) is 21.6. The Morgan fingerprint density at radius 2 is 1.70 bits per heavy atom. The molecule has 0 saturated heterocycles. The van der Waals surface area contributed by atoms with Crippen LogP contribution in [0.4, 0.5) is 4.39 Å². The Labute approximate surface area is 217 Å². The quantitative estimate of drug-likeness (QED) is 0.244. The molecule has 0 amide bonds. The van der Waals surface area contributed by atoms with Gasteiger partial charge in [-0.25, -0.2) is 14.2 Å². The third-order valence-electron chi connectivity index (χ3n) is 6.17. The van der Waals surface area contributed by atoms with Gasteiger partial charge in [0.2, 0.25) is 0 Å². The third-order valence-corrected chi connectivity index (χ3v) is 6.17. The number of benzene rings is 3. The van der Waals surface area contributed by atoms with E-state index in [2.05, 4.69) is 24.2 Å². The Morgan fingerprint density at radius 1 is 1.00 bits per heavy atom. The molecule has 37 heavy (non-hydrogen) atoms. The molecule has 190 valence electrons. The maximum absolute atomic E-state index is 15.2. The van der Waals surface area contributed by atoms with Crippen molar-refractivity contribution in [3.05, 3.63) is 107 Å². The Morgan fingerprint density at radius 3 is 2.32 bits per heavy atom. The van der Waals surface area contributed by atoms with E-state index in [9.17, 15) is 4.79 Å². The molecule has 6 heteroatoms. The third kappa shape index (κ3) is 5.33.